The van der Waals surface area contributed by atoms with Crippen molar-refractivity contribution in [3.63, 3.8) is 0 Å². The number of nitrogens with one attached hydrogen (secondary N) is 1. The Labute approximate surface area is 103 Å². The lowest BCUT2D eigenvalue weighted by molar-refractivity contribution is 0.857. The van der Waals surface area contributed by atoms with Crippen molar-refractivity contribution >= 4 is 0 Å². The van der Waals surface area contributed by atoms with Gasteiger partial charge in [0.05, 0.1) is 0 Å². The molecule has 1 heteroatoms. The van der Waals surface area contributed by atoms with Gasteiger partial charge in [0.25, 0.3) is 0 Å². The van der Waals surface area contributed by atoms with Gasteiger partial charge in [0, 0.05) is 0 Å². The van der Waals surface area contributed by atoms with Gasteiger partial charge >= 0.3 is 0 Å². The molecule has 2 aromatic rings. The Morgan fingerprint density at radius 1 is 0.588 bits per heavy atom. The fraction of sp³-hybridized carbons (Fsp3) is 0.250. The Bertz CT molecular complexity index is 359. The molecule has 0 spiro atoms. The van der Waals surface area contributed by atoms with Gasteiger partial charge in [-0.05, 0) is 37.1 Å². The number of benzene rings is 2. The summed E-state index contributed by atoms with van der Waals surface area (Å²) in [4.78, 5) is 0. The van der Waals surface area contributed by atoms with Crippen LogP contribution in [0.4, 0.5) is 0 Å². The predicted octanol–water partition coefficient (Wildman–Crippen LogP) is 3.72. The van der Waals surface area contributed by atoms with Crippen LogP contribution in [-0.4, -0.2) is 13.1 Å². The Kier molecular flexibility index (Phi) is 4.80. The smallest absolute Gasteiger partial charge is 0.00484 e. The van der Waals surface area contributed by atoms with Crippen LogP contribution in [0.2, 0.25) is 0 Å². The maximum absolute atomic E-state index is 3.22. The maximum atomic E-state index is 3.22. The molecule has 1 N–H and O–H groups in total. The highest BCUT2D eigenvalue weighted by atomic mass is 14.9. The second kappa shape index (κ2) is 6.87. The Morgan fingerprint density at radius 3 is 1.29 bits per heavy atom. The molecule has 0 radical (unpaired) electrons. The lowest BCUT2D eigenvalue weighted by atomic mass is 10.1. The minimum Gasteiger partial charge on any atom is -0.317 e. The molecule has 0 atom stereocenters. The van der Waals surface area contributed by atoms with Crippen LogP contribution in [0.15, 0.2) is 60.7 Å². The summed E-state index contributed by atoms with van der Waals surface area (Å²) in [5.74, 6) is 0. The van der Waals surface area contributed by atoms with Crippen LogP contribution in [0.25, 0.3) is 11.1 Å². The van der Waals surface area contributed by atoms with E-state index in [2.05, 4.69) is 53.8 Å². The lowest BCUT2D eigenvalue weighted by Gasteiger charge is -1.98. The van der Waals surface area contributed by atoms with Crippen LogP contribution in [-0.2, 0) is 0 Å². The third-order valence-corrected chi connectivity index (χ3v) is 2.84. The monoisotopic (exact) mass is 225 g/mol. The van der Waals surface area contributed by atoms with E-state index in [0.717, 1.165) is 0 Å². The van der Waals surface area contributed by atoms with Gasteiger partial charge in [-0.15, -0.1) is 0 Å². The highest BCUT2D eigenvalue weighted by Crippen LogP contribution is 2.17. The van der Waals surface area contributed by atoms with E-state index >= 15 is 0 Å². The normalized spacial score (nSPS) is 13.9. The van der Waals surface area contributed by atoms with E-state index in [9.17, 15) is 0 Å². The van der Waals surface area contributed by atoms with Gasteiger partial charge in [0.1, 0.15) is 0 Å². The second-order valence-corrected chi connectivity index (χ2v) is 4.19. The minimum absolute atomic E-state index is 1.25. The van der Waals surface area contributed by atoms with Crippen molar-refractivity contribution in [3.05, 3.63) is 60.7 Å². The van der Waals surface area contributed by atoms with Crippen LogP contribution >= 0.6 is 0 Å². The van der Waals surface area contributed by atoms with Crippen molar-refractivity contribution < 1.29 is 0 Å². The topological polar surface area (TPSA) is 12.0 Å². The third kappa shape index (κ3) is 4.04. The molecule has 0 aromatic heterocycles. The van der Waals surface area contributed by atoms with Crippen LogP contribution < -0.4 is 5.32 Å². The van der Waals surface area contributed by atoms with Crippen molar-refractivity contribution in [2.75, 3.05) is 13.1 Å². The molecule has 1 saturated heterocycles. The Hall–Kier alpha value is -1.60. The van der Waals surface area contributed by atoms with Gasteiger partial charge in [0.2, 0.25) is 0 Å². The Balaban J connectivity index is 0.000000181. The molecule has 0 bridgehead atoms. The minimum atomic E-state index is 1.25. The molecule has 3 rings (SSSR count). The van der Waals surface area contributed by atoms with Gasteiger partial charge < -0.3 is 5.32 Å². The van der Waals surface area contributed by atoms with Gasteiger partial charge in [-0.3, -0.25) is 0 Å². The quantitative estimate of drug-likeness (QED) is 0.780. The first-order valence-electron chi connectivity index (χ1n) is 6.28. The van der Waals surface area contributed by atoms with E-state index in [1.54, 1.807) is 0 Å². The standard InChI is InChI=1S/C12H10.C4H9N/c1-3-7-11(8-4-1)12-9-5-2-6-10-12;1-2-4-5-3-1/h1-10H;5H,1-4H2. The largest absolute Gasteiger partial charge is 0.317 e. The van der Waals surface area contributed by atoms with Gasteiger partial charge in [-0.1, -0.05) is 60.7 Å². The van der Waals surface area contributed by atoms with Crippen molar-refractivity contribution in [3.8, 4) is 11.1 Å². The number of hydrogen-bond acceptors (Lipinski definition) is 1. The van der Waals surface area contributed by atoms with E-state index in [1.807, 2.05) is 12.1 Å². The molecule has 2 aromatic carbocycles. The summed E-state index contributed by atoms with van der Waals surface area (Å²) in [6.45, 7) is 2.50. The summed E-state index contributed by atoms with van der Waals surface area (Å²) in [7, 11) is 0. The SMILES string of the molecule is C1CCNC1.c1ccc(-c2ccccc2)cc1. The average Bonchev–Trinajstić information content (AvgIpc) is 3.00. The van der Waals surface area contributed by atoms with Gasteiger partial charge in [0.15, 0.2) is 0 Å². The van der Waals surface area contributed by atoms with Crippen LogP contribution in [0.5, 0.6) is 0 Å². The molecule has 1 aliphatic heterocycles. The first-order chi connectivity index (χ1) is 8.47. The van der Waals surface area contributed by atoms with E-state index < -0.39 is 0 Å². The van der Waals surface area contributed by atoms with E-state index in [1.165, 1.54) is 37.1 Å². The average molecular weight is 225 g/mol. The molecule has 1 aliphatic rings. The molecule has 0 amide bonds. The molecule has 0 saturated carbocycles. The molecular formula is C16H19N. The predicted molar refractivity (Wildman–Crippen MR) is 74.0 cm³/mol. The molecule has 0 aliphatic carbocycles. The van der Waals surface area contributed by atoms with E-state index in [0.29, 0.717) is 0 Å². The number of hydrogen-bond donors (Lipinski definition) is 1. The zero-order chi connectivity index (χ0) is 11.8. The third-order valence-electron chi connectivity index (χ3n) is 2.84. The van der Waals surface area contributed by atoms with Crippen LogP contribution in [0, 0.1) is 0 Å². The highest BCUT2D eigenvalue weighted by molar-refractivity contribution is 5.62. The molecule has 1 fully saturated rings. The van der Waals surface area contributed by atoms with Crippen molar-refractivity contribution in [1.82, 2.24) is 5.32 Å². The van der Waals surface area contributed by atoms with Gasteiger partial charge in [-0.25, -0.2) is 0 Å². The fourth-order valence-corrected chi connectivity index (χ4v) is 1.89. The fourth-order valence-electron chi connectivity index (χ4n) is 1.89. The van der Waals surface area contributed by atoms with E-state index in [4.69, 9.17) is 0 Å². The maximum Gasteiger partial charge on any atom is -0.00484 e. The summed E-state index contributed by atoms with van der Waals surface area (Å²) >= 11 is 0. The van der Waals surface area contributed by atoms with E-state index in [-0.39, 0.29) is 0 Å². The molecule has 88 valence electrons. The van der Waals surface area contributed by atoms with Crippen LogP contribution in [0.3, 0.4) is 0 Å². The molecular weight excluding hydrogens is 206 g/mol. The zero-order valence-electron chi connectivity index (χ0n) is 10.1. The first-order valence-corrected chi connectivity index (χ1v) is 6.28. The molecule has 1 nitrogen and oxygen atoms in total. The molecule has 17 heavy (non-hydrogen) atoms. The molecule has 1 heterocycles. The summed E-state index contributed by atoms with van der Waals surface area (Å²) in [5, 5.41) is 3.22. The summed E-state index contributed by atoms with van der Waals surface area (Å²) < 4.78 is 0. The zero-order valence-corrected chi connectivity index (χ0v) is 10.1. The number of rotatable bonds is 1. The van der Waals surface area contributed by atoms with Crippen molar-refractivity contribution in [2.45, 2.75) is 12.8 Å². The van der Waals surface area contributed by atoms with Gasteiger partial charge in [-0.2, -0.15) is 0 Å². The molecule has 0 unspecified atom stereocenters. The summed E-state index contributed by atoms with van der Waals surface area (Å²) in [5.41, 5.74) is 2.55. The lowest BCUT2D eigenvalue weighted by Crippen LogP contribution is -2.03. The summed E-state index contributed by atoms with van der Waals surface area (Å²) in [6.07, 6.45) is 2.78. The Morgan fingerprint density at radius 2 is 1.00 bits per heavy atom. The van der Waals surface area contributed by atoms with Crippen LogP contribution in [0.1, 0.15) is 12.8 Å². The van der Waals surface area contributed by atoms with Crippen molar-refractivity contribution in [1.29, 1.82) is 0 Å². The second-order valence-electron chi connectivity index (χ2n) is 4.19. The van der Waals surface area contributed by atoms with Crippen molar-refractivity contribution in [2.24, 2.45) is 0 Å². The first kappa shape index (κ1) is 11.9. The highest BCUT2D eigenvalue weighted by Gasteiger charge is 1.93. The summed E-state index contributed by atoms with van der Waals surface area (Å²) in [6, 6.07) is 20.8.